The second-order valence-electron chi connectivity index (χ2n) is 6.43. The number of nitrogens with one attached hydrogen (secondary N) is 1. The molecule has 7 heteroatoms. The molecule has 0 unspecified atom stereocenters. The number of carbonyl (C=O) groups is 1. The van der Waals surface area contributed by atoms with Gasteiger partial charge in [-0.05, 0) is 43.0 Å². The summed E-state index contributed by atoms with van der Waals surface area (Å²) < 4.78 is 20.3. The molecule has 1 aliphatic carbocycles. The molecule has 1 aliphatic rings. The van der Waals surface area contributed by atoms with Crippen molar-refractivity contribution >= 4 is 5.91 Å². The third kappa shape index (κ3) is 3.82. The summed E-state index contributed by atoms with van der Waals surface area (Å²) in [5.41, 5.74) is 1.74. The molecule has 1 amide bonds. The molecule has 1 aromatic carbocycles. The van der Waals surface area contributed by atoms with Gasteiger partial charge in [-0.3, -0.25) is 9.48 Å². The number of aliphatic hydroxyl groups excluding tert-OH is 1. The number of ether oxygens (including phenoxy) is 1. The second kappa shape index (κ2) is 7.23. The van der Waals surface area contributed by atoms with E-state index in [1.807, 2.05) is 13.1 Å². The van der Waals surface area contributed by atoms with Gasteiger partial charge in [0.05, 0.1) is 31.5 Å². The Morgan fingerprint density at radius 1 is 1.52 bits per heavy atom. The largest absolute Gasteiger partial charge is 0.494 e. The molecule has 3 atom stereocenters. The maximum Gasteiger partial charge on any atom is 0.220 e. The molecular formula is C18H22FN3O3. The van der Waals surface area contributed by atoms with Crippen molar-refractivity contribution < 1.29 is 19.0 Å². The Morgan fingerprint density at radius 2 is 2.32 bits per heavy atom. The highest BCUT2D eigenvalue weighted by atomic mass is 19.1. The van der Waals surface area contributed by atoms with E-state index in [1.54, 1.807) is 23.0 Å². The van der Waals surface area contributed by atoms with Crippen molar-refractivity contribution in [3.63, 3.8) is 0 Å². The summed E-state index contributed by atoms with van der Waals surface area (Å²) in [7, 11) is 1.41. The summed E-state index contributed by atoms with van der Waals surface area (Å²) in [5, 5.41) is 17.1. The molecule has 1 saturated carbocycles. The molecule has 1 heterocycles. The van der Waals surface area contributed by atoms with Crippen molar-refractivity contribution in [2.75, 3.05) is 7.11 Å². The van der Waals surface area contributed by atoms with E-state index in [1.165, 1.54) is 13.2 Å². The lowest BCUT2D eigenvalue weighted by Crippen LogP contribution is -2.56. The SMILES string of the molecule is COc1ccc(CCC(=O)N[C@H]2C[C@@H](O)[C@@H]2n2cc(C)cn2)cc1F. The van der Waals surface area contributed by atoms with Crippen LogP contribution in [0.3, 0.4) is 0 Å². The van der Waals surface area contributed by atoms with Crippen molar-refractivity contribution in [3.8, 4) is 5.75 Å². The lowest BCUT2D eigenvalue weighted by atomic mass is 9.83. The van der Waals surface area contributed by atoms with E-state index in [2.05, 4.69) is 10.4 Å². The number of aromatic nitrogens is 2. The van der Waals surface area contributed by atoms with E-state index >= 15 is 0 Å². The molecule has 0 radical (unpaired) electrons. The third-order valence-electron chi connectivity index (χ3n) is 4.54. The van der Waals surface area contributed by atoms with Crippen molar-refractivity contribution in [3.05, 3.63) is 47.5 Å². The van der Waals surface area contributed by atoms with E-state index in [0.29, 0.717) is 12.8 Å². The Labute approximate surface area is 145 Å². The minimum absolute atomic E-state index is 0.123. The minimum atomic E-state index is -0.514. The number of methoxy groups -OCH3 is 1. The Hall–Kier alpha value is -2.41. The van der Waals surface area contributed by atoms with E-state index in [0.717, 1.165) is 11.1 Å². The van der Waals surface area contributed by atoms with Gasteiger partial charge in [-0.15, -0.1) is 0 Å². The summed E-state index contributed by atoms with van der Waals surface area (Å²) in [6.07, 6.45) is 4.26. The fourth-order valence-corrected chi connectivity index (χ4v) is 3.11. The number of amides is 1. The number of halogens is 1. The van der Waals surface area contributed by atoms with Gasteiger partial charge < -0.3 is 15.2 Å². The summed E-state index contributed by atoms with van der Waals surface area (Å²) in [6, 6.07) is 4.30. The molecule has 0 saturated heterocycles. The maximum absolute atomic E-state index is 13.7. The molecule has 134 valence electrons. The molecule has 6 nitrogen and oxygen atoms in total. The van der Waals surface area contributed by atoms with Crippen LogP contribution in [-0.2, 0) is 11.2 Å². The number of hydrogen-bond donors (Lipinski definition) is 2. The second-order valence-corrected chi connectivity index (χ2v) is 6.43. The van der Waals surface area contributed by atoms with E-state index in [4.69, 9.17) is 4.74 Å². The predicted octanol–water partition coefficient (Wildman–Crippen LogP) is 1.76. The number of aryl methyl sites for hydroxylation is 2. The van der Waals surface area contributed by atoms with Crippen LogP contribution in [0.1, 0.15) is 30.0 Å². The van der Waals surface area contributed by atoms with Crippen molar-refractivity contribution in [1.29, 1.82) is 0 Å². The summed E-state index contributed by atoms with van der Waals surface area (Å²) >= 11 is 0. The fourth-order valence-electron chi connectivity index (χ4n) is 3.11. The molecular weight excluding hydrogens is 325 g/mol. The van der Waals surface area contributed by atoms with Crippen LogP contribution in [0.25, 0.3) is 0 Å². The minimum Gasteiger partial charge on any atom is -0.494 e. The highest BCUT2D eigenvalue weighted by Crippen LogP contribution is 2.32. The molecule has 2 aromatic rings. The Morgan fingerprint density at radius 3 is 2.92 bits per heavy atom. The van der Waals surface area contributed by atoms with Gasteiger partial charge >= 0.3 is 0 Å². The van der Waals surface area contributed by atoms with Crippen LogP contribution in [0.2, 0.25) is 0 Å². The first kappa shape index (κ1) is 17.4. The number of aliphatic hydroxyl groups is 1. The van der Waals surface area contributed by atoms with Gasteiger partial charge in [0, 0.05) is 12.6 Å². The highest BCUT2D eigenvalue weighted by Gasteiger charge is 2.42. The first-order valence-electron chi connectivity index (χ1n) is 8.28. The van der Waals surface area contributed by atoms with Crippen LogP contribution in [0.4, 0.5) is 4.39 Å². The van der Waals surface area contributed by atoms with Crippen LogP contribution in [0.15, 0.2) is 30.6 Å². The number of hydrogen-bond acceptors (Lipinski definition) is 4. The standard InChI is InChI=1S/C18H22FN3O3/c1-11-9-20-22(10-11)18-14(8-15(18)23)21-17(24)6-4-12-3-5-16(25-2)13(19)7-12/h3,5,7,9-10,14-15,18,23H,4,6,8H2,1-2H3,(H,21,24)/t14-,15+,18+/m0/s1. The van der Waals surface area contributed by atoms with Gasteiger partial charge in [0.1, 0.15) is 0 Å². The zero-order valence-corrected chi connectivity index (χ0v) is 14.3. The molecule has 0 bridgehead atoms. The lowest BCUT2D eigenvalue weighted by molar-refractivity contribution is -0.124. The Balaban J connectivity index is 1.53. The van der Waals surface area contributed by atoms with Crippen molar-refractivity contribution in [1.82, 2.24) is 15.1 Å². The van der Waals surface area contributed by atoms with E-state index in [-0.39, 0.29) is 30.2 Å². The van der Waals surface area contributed by atoms with Crippen molar-refractivity contribution in [2.24, 2.45) is 0 Å². The van der Waals surface area contributed by atoms with Gasteiger partial charge in [-0.2, -0.15) is 5.10 Å². The monoisotopic (exact) mass is 347 g/mol. The first-order chi connectivity index (χ1) is 12.0. The zero-order valence-electron chi connectivity index (χ0n) is 14.3. The van der Waals surface area contributed by atoms with E-state index < -0.39 is 11.9 Å². The topological polar surface area (TPSA) is 76.4 Å². The van der Waals surface area contributed by atoms with Crippen LogP contribution in [0, 0.1) is 12.7 Å². The zero-order chi connectivity index (χ0) is 18.0. The average Bonchev–Trinajstić information content (AvgIpc) is 2.97. The summed E-state index contributed by atoms with van der Waals surface area (Å²) in [4.78, 5) is 12.2. The van der Waals surface area contributed by atoms with Gasteiger partial charge in [0.25, 0.3) is 0 Å². The Bertz CT molecular complexity index is 762. The molecule has 0 spiro atoms. The van der Waals surface area contributed by atoms with Gasteiger partial charge in [-0.25, -0.2) is 4.39 Å². The lowest BCUT2D eigenvalue weighted by Gasteiger charge is -2.41. The van der Waals surface area contributed by atoms with Crippen LogP contribution >= 0.6 is 0 Å². The van der Waals surface area contributed by atoms with Gasteiger partial charge in [0.15, 0.2) is 11.6 Å². The number of carbonyl (C=O) groups excluding carboxylic acids is 1. The highest BCUT2D eigenvalue weighted by molar-refractivity contribution is 5.76. The first-order valence-corrected chi connectivity index (χ1v) is 8.28. The summed E-state index contributed by atoms with van der Waals surface area (Å²) in [5.74, 6) is -0.368. The molecule has 1 aromatic heterocycles. The van der Waals surface area contributed by atoms with Gasteiger partial charge in [-0.1, -0.05) is 6.07 Å². The third-order valence-corrected chi connectivity index (χ3v) is 4.54. The molecule has 2 N–H and O–H groups in total. The normalized spacial score (nSPS) is 22.3. The van der Waals surface area contributed by atoms with Crippen molar-refractivity contribution in [2.45, 2.75) is 44.4 Å². The molecule has 0 aliphatic heterocycles. The fraction of sp³-hybridized carbons (Fsp3) is 0.444. The summed E-state index contributed by atoms with van der Waals surface area (Å²) in [6.45, 7) is 1.93. The van der Waals surface area contributed by atoms with Crippen LogP contribution in [0.5, 0.6) is 5.75 Å². The molecule has 25 heavy (non-hydrogen) atoms. The van der Waals surface area contributed by atoms with Crippen LogP contribution < -0.4 is 10.1 Å². The van der Waals surface area contributed by atoms with Gasteiger partial charge in [0.2, 0.25) is 5.91 Å². The van der Waals surface area contributed by atoms with E-state index in [9.17, 15) is 14.3 Å². The average molecular weight is 347 g/mol. The maximum atomic E-state index is 13.7. The quantitative estimate of drug-likeness (QED) is 0.835. The molecule has 3 rings (SSSR count). The smallest absolute Gasteiger partial charge is 0.220 e. The number of benzene rings is 1. The van der Waals surface area contributed by atoms with Crippen LogP contribution in [-0.4, -0.2) is 40.0 Å². The predicted molar refractivity (Wildman–Crippen MR) is 89.8 cm³/mol. The number of rotatable bonds is 6. The number of nitrogens with zero attached hydrogens (tertiary/aromatic N) is 2. The molecule has 1 fully saturated rings. The Kier molecular flexibility index (Phi) is 5.03.